The number of fused-ring (bicyclic) bond motifs is 2. The van der Waals surface area contributed by atoms with Gasteiger partial charge < -0.3 is 0 Å². The third-order valence-electron chi connectivity index (χ3n) is 7.31. The van der Waals surface area contributed by atoms with E-state index in [1.807, 2.05) is 6.08 Å². The standard InChI is InChI=1S/C28H21ClF2N4O3S/c29-23-9-8-22(14-24(23)31)39(37,38)34-12-10-19-13-26-18(16-33-35(26)21-6-4-20(30)5-7-21)15-28(19,17-34)27(36)25-3-1-2-11-32-25/h1-9,11,13-14,16H,10,12,15,17H2. The van der Waals surface area contributed by atoms with E-state index in [2.05, 4.69) is 10.1 Å². The number of ketones is 1. The highest BCUT2D eigenvalue weighted by atomic mass is 35.5. The van der Waals surface area contributed by atoms with E-state index in [-0.39, 0.29) is 53.1 Å². The summed E-state index contributed by atoms with van der Waals surface area (Å²) in [5, 5.41) is 4.31. The minimum atomic E-state index is -4.15. The van der Waals surface area contributed by atoms with Gasteiger partial charge in [-0.15, -0.1) is 0 Å². The fourth-order valence-corrected chi connectivity index (χ4v) is 6.97. The molecule has 2 aliphatic rings. The molecule has 1 aliphatic carbocycles. The maximum Gasteiger partial charge on any atom is 0.243 e. The number of benzene rings is 2. The lowest BCUT2D eigenvalue weighted by Crippen LogP contribution is -2.53. The van der Waals surface area contributed by atoms with Gasteiger partial charge in [0.25, 0.3) is 0 Å². The molecule has 1 saturated heterocycles. The number of Topliss-reactive ketones (excluding diaryl/α,β-unsaturated/α-hetero) is 1. The largest absolute Gasteiger partial charge is 0.291 e. The predicted octanol–water partition coefficient (Wildman–Crippen LogP) is 5.10. The summed E-state index contributed by atoms with van der Waals surface area (Å²) in [5.41, 5.74) is 1.87. The van der Waals surface area contributed by atoms with Crippen LogP contribution in [0.5, 0.6) is 0 Å². The van der Waals surface area contributed by atoms with Crippen molar-refractivity contribution in [1.82, 2.24) is 19.1 Å². The minimum Gasteiger partial charge on any atom is -0.291 e. The van der Waals surface area contributed by atoms with Crippen LogP contribution in [0.15, 0.2) is 83.5 Å². The molecule has 198 valence electrons. The van der Waals surface area contributed by atoms with Crippen LogP contribution in [0, 0.1) is 17.0 Å². The first-order chi connectivity index (χ1) is 18.7. The molecule has 4 aromatic rings. The minimum absolute atomic E-state index is 0.0929. The number of rotatable bonds is 5. The lowest BCUT2D eigenvalue weighted by molar-refractivity contribution is 0.0770. The average molecular weight is 567 g/mol. The van der Waals surface area contributed by atoms with E-state index < -0.39 is 21.3 Å². The Morgan fingerprint density at radius 1 is 1.05 bits per heavy atom. The fraction of sp³-hybridized carbons (Fsp3) is 0.179. The van der Waals surface area contributed by atoms with Crippen LogP contribution in [-0.2, 0) is 16.4 Å². The Morgan fingerprint density at radius 2 is 1.85 bits per heavy atom. The highest BCUT2D eigenvalue weighted by molar-refractivity contribution is 7.89. The van der Waals surface area contributed by atoms with Crippen LogP contribution in [0.25, 0.3) is 11.8 Å². The van der Waals surface area contributed by atoms with Crippen molar-refractivity contribution >= 4 is 33.5 Å². The summed E-state index contributed by atoms with van der Waals surface area (Å²) in [6.45, 7) is -0.0579. The highest BCUT2D eigenvalue weighted by Gasteiger charge is 2.51. The molecule has 0 saturated carbocycles. The van der Waals surface area contributed by atoms with Crippen LogP contribution < -0.4 is 0 Å². The van der Waals surface area contributed by atoms with Crippen molar-refractivity contribution < 1.29 is 22.0 Å². The van der Waals surface area contributed by atoms with Crippen molar-refractivity contribution in [2.75, 3.05) is 13.1 Å². The predicted molar refractivity (Wildman–Crippen MR) is 141 cm³/mol. The first kappa shape index (κ1) is 25.5. The van der Waals surface area contributed by atoms with Crippen LogP contribution in [0.4, 0.5) is 8.78 Å². The Morgan fingerprint density at radius 3 is 2.56 bits per heavy atom. The molecule has 7 nitrogen and oxygen atoms in total. The van der Waals surface area contributed by atoms with Gasteiger partial charge in [0.05, 0.1) is 32.9 Å². The van der Waals surface area contributed by atoms with Crippen molar-refractivity contribution in [2.45, 2.75) is 17.7 Å². The Labute approximate surface area is 228 Å². The topological polar surface area (TPSA) is 85.2 Å². The van der Waals surface area contributed by atoms with Gasteiger partial charge in [0.2, 0.25) is 10.0 Å². The molecule has 6 rings (SSSR count). The van der Waals surface area contributed by atoms with Gasteiger partial charge in [-0.3, -0.25) is 9.78 Å². The number of carbonyl (C=O) groups excluding carboxylic acids is 1. The molecule has 0 spiro atoms. The number of pyridine rings is 1. The third kappa shape index (κ3) is 4.28. The molecule has 1 unspecified atom stereocenters. The number of carbonyl (C=O) groups is 1. The number of hydrogen-bond acceptors (Lipinski definition) is 5. The number of halogens is 3. The summed E-state index contributed by atoms with van der Waals surface area (Å²) in [5.74, 6) is -1.52. The average Bonchev–Trinajstić information content (AvgIpc) is 3.35. The maximum atomic E-state index is 14.2. The number of piperidine rings is 1. The normalized spacial score (nSPS) is 19.2. The Kier molecular flexibility index (Phi) is 6.21. The van der Waals surface area contributed by atoms with E-state index in [9.17, 15) is 22.0 Å². The summed E-state index contributed by atoms with van der Waals surface area (Å²) in [4.78, 5) is 18.1. The molecule has 0 bridgehead atoms. The third-order valence-corrected chi connectivity index (χ3v) is 9.46. The van der Waals surface area contributed by atoms with Gasteiger partial charge in [-0.2, -0.15) is 9.40 Å². The lowest BCUT2D eigenvalue weighted by Gasteiger charge is -2.44. The number of hydrogen-bond donors (Lipinski definition) is 0. The molecule has 1 atom stereocenters. The SMILES string of the molecule is O=C(c1ccccn1)C12Cc3cnn(-c4ccc(F)cc4)c3C=C1CCN(S(=O)(=O)c1ccc(Cl)c(F)c1)C2. The van der Waals surface area contributed by atoms with Crippen LogP contribution in [0.3, 0.4) is 0 Å². The van der Waals surface area contributed by atoms with E-state index >= 15 is 0 Å². The zero-order chi connectivity index (χ0) is 27.4. The lowest BCUT2D eigenvalue weighted by atomic mass is 9.65. The Bertz CT molecular complexity index is 1740. The maximum absolute atomic E-state index is 14.2. The van der Waals surface area contributed by atoms with E-state index in [4.69, 9.17) is 11.6 Å². The molecule has 1 aliphatic heterocycles. The van der Waals surface area contributed by atoms with E-state index in [1.54, 1.807) is 41.2 Å². The molecule has 39 heavy (non-hydrogen) atoms. The molecule has 2 aromatic carbocycles. The quantitative estimate of drug-likeness (QED) is 0.314. The molecular formula is C28H21ClF2N4O3S. The highest BCUT2D eigenvalue weighted by Crippen LogP contribution is 2.47. The van der Waals surface area contributed by atoms with E-state index in [1.165, 1.54) is 34.8 Å². The van der Waals surface area contributed by atoms with Crippen LogP contribution in [0.1, 0.15) is 28.2 Å². The van der Waals surface area contributed by atoms with E-state index in [0.717, 1.165) is 22.9 Å². The van der Waals surface area contributed by atoms with Gasteiger partial charge in [-0.05, 0) is 79.1 Å². The number of aromatic nitrogens is 3. The van der Waals surface area contributed by atoms with E-state index in [0.29, 0.717) is 5.69 Å². The van der Waals surface area contributed by atoms with Gasteiger partial charge in [-0.25, -0.2) is 21.9 Å². The zero-order valence-electron chi connectivity index (χ0n) is 20.4. The second kappa shape index (κ2) is 9.48. The smallest absolute Gasteiger partial charge is 0.243 e. The summed E-state index contributed by atoms with van der Waals surface area (Å²) >= 11 is 5.77. The Balaban J connectivity index is 1.45. The van der Waals surface area contributed by atoms with Gasteiger partial charge in [0, 0.05) is 19.3 Å². The molecule has 0 N–H and O–H groups in total. The molecule has 1 fully saturated rings. The second-order valence-corrected chi connectivity index (χ2v) is 11.9. The van der Waals surface area contributed by atoms with Crippen molar-refractivity contribution in [3.05, 3.63) is 112 Å². The van der Waals surface area contributed by atoms with Crippen LogP contribution >= 0.6 is 11.6 Å². The Hall–Kier alpha value is -3.73. The van der Waals surface area contributed by atoms with Crippen molar-refractivity contribution in [3.8, 4) is 5.69 Å². The molecule has 0 radical (unpaired) electrons. The molecule has 11 heteroatoms. The van der Waals surface area contributed by atoms with Gasteiger partial charge in [-0.1, -0.05) is 23.2 Å². The van der Waals surface area contributed by atoms with Gasteiger partial charge in [0.1, 0.15) is 17.3 Å². The first-order valence-electron chi connectivity index (χ1n) is 12.1. The van der Waals surface area contributed by atoms with Crippen molar-refractivity contribution in [1.29, 1.82) is 0 Å². The van der Waals surface area contributed by atoms with Crippen LogP contribution in [-0.4, -0.2) is 46.4 Å². The first-order valence-corrected chi connectivity index (χ1v) is 14.0. The second-order valence-electron chi connectivity index (χ2n) is 9.58. The van der Waals surface area contributed by atoms with Gasteiger partial charge in [0.15, 0.2) is 5.78 Å². The van der Waals surface area contributed by atoms with Crippen molar-refractivity contribution in [3.63, 3.8) is 0 Å². The summed E-state index contributed by atoms with van der Waals surface area (Å²) in [7, 11) is -4.15. The molecule has 0 amide bonds. The zero-order valence-corrected chi connectivity index (χ0v) is 22.0. The summed E-state index contributed by atoms with van der Waals surface area (Å²) in [6, 6.07) is 14.3. The fourth-order valence-electron chi connectivity index (χ4n) is 5.34. The summed E-state index contributed by atoms with van der Waals surface area (Å²) in [6.07, 6.45) is 5.49. The number of sulfonamides is 1. The molecular weight excluding hydrogens is 546 g/mol. The molecule has 3 heterocycles. The van der Waals surface area contributed by atoms with Crippen LogP contribution in [0.2, 0.25) is 5.02 Å². The number of nitrogens with zero attached hydrogens (tertiary/aromatic N) is 4. The summed E-state index contributed by atoms with van der Waals surface area (Å²) < 4.78 is 57.8. The molecule has 2 aromatic heterocycles. The van der Waals surface area contributed by atoms with Gasteiger partial charge >= 0.3 is 0 Å². The monoisotopic (exact) mass is 566 g/mol. The van der Waals surface area contributed by atoms with Crippen molar-refractivity contribution in [2.24, 2.45) is 5.41 Å².